The Morgan fingerprint density at radius 2 is 1.06 bits per heavy atom. The van der Waals surface area contributed by atoms with Crippen molar-refractivity contribution in [1.82, 2.24) is 30.2 Å². The van der Waals surface area contributed by atoms with Gasteiger partial charge in [0.05, 0.1) is 19.6 Å². The predicted molar refractivity (Wildman–Crippen MR) is 204 cm³/mol. The van der Waals surface area contributed by atoms with Crippen molar-refractivity contribution < 1.29 is 43.0 Å². The van der Waals surface area contributed by atoms with Crippen LogP contribution in [0.1, 0.15) is 94.4 Å². The predicted octanol–water partition coefficient (Wildman–Crippen LogP) is 0.900. The van der Waals surface area contributed by atoms with Gasteiger partial charge in [-0.15, -0.1) is 0 Å². The van der Waals surface area contributed by atoms with E-state index >= 15 is 0 Å². The van der Waals surface area contributed by atoms with E-state index in [1.165, 1.54) is 0 Å². The van der Waals surface area contributed by atoms with Crippen molar-refractivity contribution in [3.63, 3.8) is 0 Å². The van der Waals surface area contributed by atoms with Crippen LogP contribution < -0.4 is 16.4 Å². The van der Waals surface area contributed by atoms with Gasteiger partial charge in [-0.25, -0.2) is 4.79 Å². The molecule has 0 saturated carbocycles. The van der Waals surface area contributed by atoms with Gasteiger partial charge in [0.25, 0.3) is 0 Å². The number of carbonyl (C=O) groups excluding carboxylic acids is 6. The first kappa shape index (κ1) is 46.8. The SMILES string of the molecule is CC(C)(C)OC(=O)CN1CCN(CC(=O)OC(C)(C)C)CCN(CC2CCN(CC(=O)NC(CCC(=O)NCCC(N)=O)C(=O)OC(C)(C)C)CC2)CC1. The van der Waals surface area contributed by atoms with Crippen LogP contribution in [0.5, 0.6) is 0 Å². The van der Waals surface area contributed by atoms with Crippen molar-refractivity contribution in [3.05, 3.63) is 0 Å². The molecule has 310 valence electrons. The Hall–Kier alpha value is -3.34. The lowest BCUT2D eigenvalue weighted by Gasteiger charge is -2.35. The molecule has 1 atom stereocenters. The highest BCUT2D eigenvalue weighted by atomic mass is 16.6. The number of nitrogens with one attached hydrogen (secondary N) is 2. The molecule has 4 N–H and O–H groups in total. The number of carbonyl (C=O) groups is 6. The van der Waals surface area contributed by atoms with Crippen LogP contribution in [0.25, 0.3) is 0 Å². The number of ether oxygens (including phenoxy) is 3. The molecule has 16 nitrogen and oxygen atoms in total. The number of hydrogen-bond acceptors (Lipinski definition) is 13. The van der Waals surface area contributed by atoms with Crippen molar-refractivity contribution >= 4 is 35.6 Å². The van der Waals surface area contributed by atoms with E-state index < -0.39 is 34.7 Å². The van der Waals surface area contributed by atoms with Gasteiger partial charge in [0.1, 0.15) is 22.8 Å². The first-order valence-corrected chi connectivity index (χ1v) is 19.4. The van der Waals surface area contributed by atoms with Gasteiger partial charge < -0.3 is 35.5 Å². The lowest BCUT2D eigenvalue weighted by Crippen LogP contribution is -2.49. The van der Waals surface area contributed by atoms with Gasteiger partial charge in [-0.1, -0.05) is 0 Å². The fourth-order valence-electron chi connectivity index (χ4n) is 6.24. The van der Waals surface area contributed by atoms with Crippen molar-refractivity contribution in [2.75, 3.05) is 85.1 Å². The Labute approximate surface area is 322 Å². The van der Waals surface area contributed by atoms with E-state index in [1.54, 1.807) is 20.8 Å². The molecule has 54 heavy (non-hydrogen) atoms. The quantitative estimate of drug-likeness (QED) is 0.148. The van der Waals surface area contributed by atoms with Crippen LogP contribution in [-0.4, -0.2) is 163 Å². The van der Waals surface area contributed by atoms with E-state index in [0.29, 0.717) is 45.2 Å². The molecule has 0 bridgehead atoms. The molecule has 2 aliphatic heterocycles. The van der Waals surface area contributed by atoms with Gasteiger partial charge in [0.2, 0.25) is 17.7 Å². The normalized spacial score (nSPS) is 18.4. The third kappa shape index (κ3) is 21.5. The number of primary amides is 1. The Balaban J connectivity index is 1.97. The van der Waals surface area contributed by atoms with Gasteiger partial charge >= 0.3 is 17.9 Å². The Kier molecular flexibility index (Phi) is 18.8. The van der Waals surface area contributed by atoms with Crippen LogP contribution in [0.2, 0.25) is 0 Å². The molecule has 1 unspecified atom stereocenters. The number of nitrogens with zero attached hydrogens (tertiary/aromatic N) is 4. The third-order valence-electron chi connectivity index (χ3n) is 8.71. The number of amides is 3. The smallest absolute Gasteiger partial charge is 0.329 e. The van der Waals surface area contributed by atoms with Crippen molar-refractivity contribution in [2.24, 2.45) is 11.7 Å². The zero-order valence-electron chi connectivity index (χ0n) is 34.4. The molecule has 2 rings (SSSR count). The second-order valence-corrected chi connectivity index (χ2v) is 17.5. The van der Waals surface area contributed by atoms with Crippen LogP contribution in [0.15, 0.2) is 0 Å². The average Bonchev–Trinajstić information content (AvgIpc) is 3.08. The molecule has 0 radical (unpaired) electrons. The average molecular weight is 768 g/mol. The molecule has 0 aliphatic carbocycles. The Morgan fingerprint density at radius 1 is 0.611 bits per heavy atom. The number of hydrogen-bond donors (Lipinski definition) is 3. The summed E-state index contributed by atoms with van der Waals surface area (Å²) in [4.78, 5) is 83.5. The van der Waals surface area contributed by atoms with E-state index in [4.69, 9.17) is 19.9 Å². The fraction of sp³-hybridized carbons (Fsp3) is 0.842. The van der Waals surface area contributed by atoms with E-state index in [1.807, 2.05) is 41.5 Å². The summed E-state index contributed by atoms with van der Waals surface area (Å²) in [6.07, 6.45) is 1.78. The summed E-state index contributed by atoms with van der Waals surface area (Å²) in [5, 5.41) is 5.37. The van der Waals surface area contributed by atoms with Crippen molar-refractivity contribution in [2.45, 2.75) is 117 Å². The molecule has 2 fully saturated rings. The highest BCUT2D eigenvalue weighted by molar-refractivity contribution is 5.86. The molecule has 3 amide bonds. The molecule has 0 aromatic rings. The molecule has 2 aliphatic rings. The Bertz CT molecular complexity index is 1210. The summed E-state index contributed by atoms with van der Waals surface area (Å²) in [5.41, 5.74) is 3.20. The van der Waals surface area contributed by atoms with Crippen molar-refractivity contribution in [3.8, 4) is 0 Å². The van der Waals surface area contributed by atoms with Gasteiger partial charge in [-0.3, -0.25) is 38.7 Å². The van der Waals surface area contributed by atoms with Gasteiger partial charge in [-0.05, 0) is 101 Å². The molecule has 0 aromatic carbocycles. The molecule has 2 heterocycles. The van der Waals surface area contributed by atoms with E-state index in [0.717, 1.165) is 32.5 Å². The summed E-state index contributed by atoms with van der Waals surface area (Å²) in [6, 6.07) is -1.00. The summed E-state index contributed by atoms with van der Waals surface area (Å²) < 4.78 is 16.7. The second kappa shape index (κ2) is 21.7. The maximum absolute atomic E-state index is 13.2. The molecule has 16 heteroatoms. The van der Waals surface area contributed by atoms with Crippen molar-refractivity contribution in [1.29, 1.82) is 0 Å². The molecule has 2 saturated heterocycles. The van der Waals surface area contributed by atoms with Gasteiger partial charge in [0.15, 0.2) is 0 Å². The van der Waals surface area contributed by atoms with Crippen LogP contribution in [0, 0.1) is 5.92 Å². The highest BCUT2D eigenvalue weighted by Crippen LogP contribution is 2.19. The largest absolute Gasteiger partial charge is 0.459 e. The number of piperidine rings is 1. The number of likely N-dealkylation sites (tertiary alicyclic amines) is 1. The molecule has 0 spiro atoms. The number of rotatable bonds is 16. The minimum absolute atomic E-state index is 0.00953. The van der Waals surface area contributed by atoms with Gasteiger partial charge in [-0.2, -0.15) is 0 Å². The maximum Gasteiger partial charge on any atom is 0.329 e. The first-order valence-electron chi connectivity index (χ1n) is 19.4. The van der Waals surface area contributed by atoms with Crippen LogP contribution in [0.4, 0.5) is 0 Å². The topological polar surface area (TPSA) is 193 Å². The van der Waals surface area contributed by atoms with Crippen LogP contribution in [-0.2, 0) is 43.0 Å². The standard InChI is InChI=1S/C38H69N7O9/c1-36(2,3)52-33(49)26-44-20-18-43(19-21-45(23-22-44)27-34(50)53-37(4,5)6)24-28-13-16-42(17-14-28)25-32(48)41-29(35(51)54-38(7,8)9)10-11-31(47)40-15-12-30(39)46/h28-29H,10-27H2,1-9H3,(H2,39,46)(H,40,47)(H,41,48). The highest BCUT2D eigenvalue weighted by Gasteiger charge is 2.30. The maximum atomic E-state index is 13.2. The number of esters is 3. The summed E-state index contributed by atoms with van der Waals surface area (Å²) in [5.74, 6) is -1.98. The minimum atomic E-state index is -1.00. The minimum Gasteiger partial charge on any atom is -0.459 e. The van der Waals surface area contributed by atoms with E-state index in [2.05, 4.69) is 30.2 Å². The molecular weight excluding hydrogens is 698 g/mol. The molecule has 0 aromatic heterocycles. The van der Waals surface area contributed by atoms with Gasteiger partial charge in [0, 0.05) is 65.2 Å². The monoisotopic (exact) mass is 768 g/mol. The van der Waals surface area contributed by atoms with Crippen LogP contribution >= 0.6 is 0 Å². The third-order valence-corrected chi connectivity index (χ3v) is 8.71. The summed E-state index contributed by atoms with van der Waals surface area (Å²) >= 11 is 0. The molecular formula is C38H69N7O9. The number of nitrogens with two attached hydrogens (primary N) is 1. The Morgan fingerprint density at radius 3 is 1.50 bits per heavy atom. The lowest BCUT2D eigenvalue weighted by molar-refractivity contribution is -0.159. The van der Waals surface area contributed by atoms with E-state index in [-0.39, 0.29) is 69.2 Å². The fourth-order valence-corrected chi connectivity index (χ4v) is 6.24. The lowest BCUT2D eigenvalue weighted by atomic mass is 9.96. The van der Waals surface area contributed by atoms with E-state index in [9.17, 15) is 28.8 Å². The summed E-state index contributed by atoms with van der Waals surface area (Å²) in [6.45, 7) is 23.3. The first-order chi connectivity index (χ1) is 25.0. The second-order valence-electron chi connectivity index (χ2n) is 17.5. The van der Waals surface area contributed by atoms with Crippen LogP contribution in [0.3, 0.4) is 0 Å². The zero-order chi connectivity index (χ0) is 40.7. The zero-order valence-corrected chi connectivity index (χ0v) is 34.4. The summed E-state index contributed by atoms with van der Waals surface area (Å²) in [7, 11) is 0.